The Morgan fingerprint density at radius 3 is 2.48 bits per heavy atom. The molecule has 5 rings (SSSR count). The molecule has 3 heterocycles. The lowest BCUT2D eigenvalue weighted by atomic mass is 10.1. The molecule has 2 aromatic carbocycles. The van der Waals surface area contributed by atoms with E-state index in [1.165, 1.54) is 22.7 Å². The van der Waals surface area contributed by atoms with Crippen molar-refractivity contribution in [1.82, 2.24) is 14.6 Å². The number of rotatable bonds is 3. The lowest BCUT2D eigenvalue weighted by Crippen LogP contribution is -2.23. The number of aromatic nitrogens is 3. The smallest absolute Gasteiger partial charge is 0.416 e. The first-order valence-electron chi connectivity index (χ1n) is 9.13. The Morgan fingerprint density at radius 2 is 1.74 bits per heavy atom. The molecule has 0 fully saturated rings. The molecule has 0 unspecified atom stereocenters. The lowest BCUT2D eigenvalue weighted by Gasteiger charge is -2.07. The Labute approximate surface area is 176 Å². The molecular formula is C22H12F3N3O2S. The number of alkyl halides is 3. The van der Waals surface area contributed by atoms with E-state index in [-0.39, 0.29) is 11.3 Å². The van der Waals surface area contributed by atoms with Crippen LogP contribution in [-0.4, -0.2) is 14.6 Å². The van der Waals surface area contributed by atoms with Gasteiger partial charge in [0.1, 0.15) is 16.1 Å². The third-order valence-electron chi connectivity index (χ3n) is 4.59. The van der Waals surface area contributed by atoms with Crippen LogP contribution in [0.15, 0.2) is 75.9 Å². The van der Waals surface area contributed by atoms with Gasteiger partial charge in [-0.15, -0.1) is 5.10 Å². The number of nitrogens with zero attached hydrogens (tertiary/aromatic N) is 3. The molecule has 0 saturated carbocycles. The summed E-state index contributed by atoms with van der Waals surface area (Å²) in [6.07, 6.45) is -2.91. The topological polar surface area (TPSA) is 60.4 Å². The van der Waals surface area contributed by atoms with Gasteiger partial charge in [0, 0.05) is 17.2 Å². The van der Waals surface area contributed by atoms with Crippen molar-refractivity contribution in [2.24, 2.45) is 0 Å². The highest BCUT2D eigenvalue weighted by atomic mass is 32.1. The number of fused-ring (bicyclic) bond motifs is 1. The summed E-state index contributed by atoms with van der Waals surface area (Å²) in [5.41, 5.74) is 0.00677. The van der Waals surface area contributed by atoms with Crippen molar-refractivity contribution in [3.63, 3.8) is 0 Å². The quantitative estimate of drug-likeness (QED) is 0.411. The van der Waals surface area contributed by atoms with E-state index in [9.17, 15) is 18.0 Å². The Kier molecular flexibility index (Phi) is 4.48. The van der Waals surface area contributed by atoms with E-state index in [0.29, 0.717) is 26.6 Å². The monoisotopic (exact) mass is 439 g/mol. The molecule has 0 atom stereocenters. The summed E-state index contributed by atoms with van der Waals surface area (Å²) in [5, 5.41) is 4.28. The second-order valence-electron chi connectivity index (χ2n) is 6.69. The van der Waals surface area contributed by atoms with Crippen LogP contribution in [0.5, 0.6) is 0 Å². The standard InChI is InChI=1S/C22H12F3N3O2S/c23-22(24,25)15-8-4-7-14(11-15)17-10-9-16(30-17)12-18-20(29)28-21(31-18)26-19(27-28)13-5-2-1-3-6-13/h1-12H/b18-12-. The van der Waals surface area contributed by atoms with Gasteiger partial charge in [-0.1, -0.05) is 53.8 Å². The first-order chi connectivity index (χ1) is 14.9. The zero-order valence-corrected chi connectivity index (χ0v) is 16.4. The highest BCUT2D eigenvalue weighted by Gasteiger charge is 2.30. The molecular weight excluding hydrogens is 427 g/mol. The minimum absolute atomic E-state index is 0.274. The summed E-state index contributed by atoms with van der Waals surface area (Å²) in [4.78, 5) is 17.5. The number of hydrogen-bond donors (Lipinski definition) is 0. The summed E-state index contributed by atoms with van der Waals surface area (Å²) < 4.78 is 46.1. The second-order valence-corrected chi connectivity index (χ2v) is 7.70. The number of furan rings is 1. The molecule has 154 valence electrons. The van der Waals surface area contributed by atoms with Crippen molar-refractivity contribution >= 4 is 22.4 Å². The van der Waals surface area contributed by atoms with Crippen LogP contribution in [-0.2, 0) is 6.18 Å². The number of benzene rings is 2. The van der Waals surface area contributed by atoms with E-state index >= 15 is 0 Å². The van der Waals surface area contributed by atoms with Crippen molar-refractivity contribution in [3.05, 3.63) is 92.9 Å². The average molecular weight is 439 g/mol. The third-order valence-corrected chi connectivity index (χ3v) is 5.55. The van der Waals surface area contributed by atoms with Crippen molar-refractivity contribution in [1.29, 1.82) is 0 Å². The van der Waals surface area contributed by atoms with Crippen LogP contribution in [0.4, 0.5) is 13.2 Å². The highest BCUT2D eigenvalue weighted by Crippen LogP contribution is 2.32. The summed E-state index contributed by atoms with van der Waals surface area (Å²) in [6, 6.07) is 17.4. The Balaban J connectivity index is 1.49. The van der Waals surface area contributed by atoms with Gasteiger partial charge in [-0.2, -0.15) is 22.7 Å². The van der Waals surface area contributed by atoms with E-state index in [1.807, 2.05) is 30.3 Å². The molecule has 0 aliphatic carbocycles. The zero-order chi connectivity index (χ0) is 21.6. The molecule has 0 aliphatic heterocycles. The fraction of sp³-hybridized carbons (Fsp3) is 0.0455. The van der Waals surface area contributed by atoms with Crippen LogP contribution < -0.4 is 10.1 Å². The maximum absolute atomic E-state index is 12.9. The van der Waals surface area contributed by atoms with E-state index < -0.39 is 11.7 Å². The van der Waals surface area contributed by atoms with Gasteiger partial charge in [-0.3, -0.25) is 4.79 Å². The number of halogens is 3. The molecule has 31 heavy (non-hydrogen) atoms. The van der Waals surface area contributed by atoms with Gasteiger partial charge in [0.25, 0.3) is 5.56 Å². The summed E-state index contributed by atoms with van der Waals surface area (Å²) in [5.74, 6) is 1.08. The Hall–Kier alpha value is -3.72. The van der Waals surface area contributed by atoms with Crippen molar-refractivity contribution in [2.45, 2.75) is 6.18 Å². The third kappa shape index (κ3) is 3.64. The molecule has 3 aromatic heterocycles. The molecule has 9 heteroatoms. The lowest BCUT2D eigenvalue weighted by molar-refractivity contribution is -0.137. The predicted molar refractivity (Wildman–Crippen MR) is 111 cm³/mol. The maximum Gasteiger partial charge on any atom is 0.416 e. The predicted octanol–water partition coefficient (Wildman–Crippen LogP) is 4.64. The van der Waals surface area contributed by atoms with Gasteiger partial charge < -0.3 is 4.42 Å². The van der Waals surface area contributed by atoms with Gasteiger partial charge in [0.05, 0.1) is 5.56 Å². The van der Waals surface area contributed by atoms with Crippen LogP contribution in [0.2, 0.25) is 0 Å². The number of thiazole rings is 1. The summed E-state index contributed by atoms with van der Waals surface area (Å²) in [7, 11) is 0. The largest absolute Gasteiger partial charge is 0.457 e. The van der Waals surface area contributed by atoms with Crippen LogP contribution in [0.1, 0.15) is 11.3 Å². The second kappa shape index (κ2) is 7.21. The van der Waals surface area contributed by atoms with Crippen LogP contribution in [0.3, 0.4) is 0 Å². The first kappa shape index (κ1) is 19.3. The van der Waals surface area contributed by atoms with Gasteiger partial charge in [-0.25, -0.2) is 0 Å². The maximum atomic E-state index is 12.9. The molecule has 0 bridgehead atoms. The van der Waals surface area contributed by atoms with Crippen molar-refractivity contribution in [2.75, 3.05) is 0 Å². The molecule has 0 radical (unpaired) electrons. The van der Waals surface area contributed by atoms with Crippen molar-refractivity contribution in [3.8, 4) is 22.7 Å². The van der Waals surface area contributed by atoms with Crippen LogP contribution >= 0.6 is 11.3 Å². The van der Waals surface area contributed by atoms with Crippen LogP contribution in [0.25, 0.3) is 33.7 Å². The van der Waals surface area contributed by atoms with E-state index in [1.54, 1.807) is 12.1 Å². The minimum Gasteiger partial charge on any atom is -0.457 e. The van der Waals surface area contributed by atoms with E-state index in [2.05, 4.69) is 10.1 Å². The first-order valence-corrected chi connectivity index (χ1v) is 9.94. The van der Waals surface area contributed by atoms with Gasteiger partial charge in [0.2, 0.25) is 4.96 Å². The van der Waals surface area contributed by atoms with Crippen LogP contribution in [0, 0.1) is 0 Å². The zero-order valence-electron chi connectivity index (χ0n) is 15.6. The molecule has 0 spiro atoms. The molecule has 0 aliphatic rings. The summed E-state index contributed by atoms with van der Waals surface area (Å²) >= 11 is 1.16. The molecule has 5 nitrogen and oxygen atoms in total. The minimum atomic E-state index is -4.44. The molecule has 5 aromatic rings. The summed E-state index contributed by atoms with van der Waals surface area (Å²) in [6.45, 7) is 0. The van der Waals surface area contributed by atoms with Crippen molar-refractivity contribution < 1.29 is 17.6 Å². The highest BCUT2D eigenvalue weighted by molar-refractivity contribution is 7.15. The van der Waals surface area contributed by atoms with Gasteiger partial charge in [-0.05, 0) is 24.3 Å². The van der Waals surface area contributed by atoms with Gasteiger partial charge in [0.15, 0.2) is 5.82 Å². The number of hydrogen-bond acceptors (Lipinski definition) is 5. The Bertz CT molecular complexity index is 1500. The molecule has 0 saturated heterocycles. The fourth-order valence-corrected chi connectivity index (χ4v) is 3.99. The average Bonchev–Trinajstić information content (AvgIpc) is 3.46. The van der Waals surface area contributed by atoms with Gasteiger partial charge >= 0.3 is 6.18 Å². The molecule has 0 N–H and O–H groups in total. The fourth-order valence-electron chi connectivity index (χ4n) is 3.11. The van der Waals surface area contributed by atoms with E-state index in [0.717, 1.165) is 29.0 Å². The normalized spacial score (nSPS) is 12.7. The Morgan fingerprint density at radius 1 is 0.968 bits per heavy atom. The van der Waals surface area contributed by atoms with E-state index in [4.69, 9.17) is 4.42 Å². The molecule has 0 amide bonds. The SMILES string of the molecule is O=c1/c(=C/c2ccc(-c3cccc(C(F)(F)F)c3)o2)sc2nc(-c3ccccc3)nn12.